The molecule has 0 atom stereocenters. The van der Waals surface area contributed by atoms with Crippen molar-refractivity contribution in [3.8, 4) is 0 Å². The Bertz CT molecular complexity index is 755. The number of hydrogen-bond donors (Lipinski definition) is 1. The molecule has 1 fully saturated rings. The van der Waals surface area contributed by atoms with E-state index in [0.29, 0.717) is 31.7 Å². The van der Waals surface area contributed by atoms with Crippen molar-refractivity contribution in [1.29, 1.82) is 0 Å². The fourth-order valence-electron chi connectivity index (χ4n) is 2.57. The molecule has 0 aromatic heterocycles. The molecule has 0 unspecified atom stereocenters. The topological polar surface area (TPSA) is 55.4 Å². The van der Waals surface area contributed by atoms with E-state index in [0.717, 1.165) is 15.2 Å². The molecule has 0 spiro atoms. The number of sulfonamides is 1. The molecule has 1 N–H and O–H groups in total. The van der Waals surface area contributed by atoms with Gasteiger partial charge in [-0.05, 0) is 30.4 Å². The molecule has 0 radical (unpaired) electrons. The molecule has 3 rings (SSSR count). The summed E-state index contributed by atoms with van der Waals surface area (Å²) in [4.78, 5) is 0. The molecule has 112 valence electrons. The fraction of sp³-hybridized carbons (Fsp3) is 0.333. The maximum atomic E-state index is 12.5. The van der Waals surface area contributed by atoms with Crippen molar-refractivity contribution in [2.75, 3.05) is 17.9 Å². The molecule has 1 saturated heterocycles. The van der Waals surface area contributed by atoms with Crippen LogP contribution in [0.1, 0.15) is 12.8 Å². The molecule has 0 amide bonds. The third kappa shape index (κ3) is 3.07. The molecule has 1 heterocycles. The summed E-state index contributed by atoms with van der Waals surface area (Å²) in [6.45, 7) is 1.01. The van der Waals surface area contributed by atoms with Crippen LogP contribution in [0.4, 0.5) is 5.69 Å². The Labute approximate surface area is 132 Å². The average molecular weight is 370 g/mol. The summed E-state index contributed by atoms with van der Waals surface area (Å²) < 4.78 is 33.9. The Hall–Kier alpha value is -1.11. The third-order valence-electron chi connectivity index (χ3n) is 3.73. The average Bonchev–Trinajstić information content (AvgIpc) is 2.51. The van der Waals surface area contributed by atoms with Crippen molar-refractivity contribution in [2.45, 2.75) is 18.1 Å². The van der Waals surface area contributed by atoms with Gasteiger partial charge in [-0.1, -0.05) is 40.2 Å². The van der Waals surface area contributed by atoms with Gasteiger partial charge in [-0.3, -0.25) is 4.72 Å². The van der Waals surface area contributed by atoms with Gasteiger partial charge in [-0.25, -0.2) is 8.42 Å². The number of fused-ring (bicyclic) bond motifs is 1. The van der Waals surface area contributed by atoms with E-state index in [2.05, 4.69) is 20.7 Å². The van der Waals surface area contributed by atoms with Gasteiger partial charge in [0.2, 0.25) is 10.0 Å². The van der Waals surface area contributed by atoms with Gasteiger partial charge in [0.25, 0.3) is 0 Å². The number of nitrogens with one attached hydrogen (secondary N) is 1. The normalized spacial score (nSPS) is 17.0. The predicted molar refractivity (Wildman–Crippen MR) is 88.0 cm³/mol. The number of hydrogen-bond acceptors (Lipinski definition) is 3. The highest BCUT2D eigenvalue weighted by Crippen LogP contribution is 2.31. The van der Waals surface area contributed by atoms with Crippen molar-refractivity contribution in [3.63, 3.8) is 0 Å². The number of rotatable bonds is 3. The molecule has 0 aliphatic carbocycles. The Balaban J connectivity index is 1.96. The van der Waals surface area contributed by atoms with E-state index in [9.17, 15) is 8.42 Å². The maximum absolute atomic E-state index is 12.5. The molecule has 1 aliphatic heterocycles. The van der Waals surface area contributed by atoms with Crippen LogP contribution in [0.25, 0.3) is 10.8 Å². The Morgan fingerprint density at radius 2 is 1.71 bits per heavy atom. The monoisotopic (exact) mass is 369 g/mol. The third-order valence-corrected chi connectivity index (χ3v) is 6.28. The Kier molecular flexibility index (Phi) is 4.19. The first-order chi connectivity index (χ1) is 10.1. The van der Waals surface area contributed by atoms with Crippen LogP contribution in [0.15, 0.2) is 40.9 Å². The highest BCUT2D eigenvalue weighted by molar-refractivity contribution is 9.10. The van der Waals surface area contributed by atoms with Crippen molar-refractivity contribution < 1.29 is 13.2 Å². The molecule has 2 aromatic rings. The Morgan fingerprint density at radius 1 is 1.05 bits per heavy atom. The molecule has 2 aromatic carbocycles. The van der Waals surface area contributed by atoms with Gasteiger partial charge in [0.15, 0.2) is 0 Å². The van der Waals surface area contributed by atoms with E-state index in [1.165, 1.54) is 0 Å². The number of ether oxygens (including phenoxy) is 1. The lowest BCUT2D eigenvalue weighted by Gasteiger charge is -2.23. The lowest BCUT2D eigenvalue weighted by Crippen LogP contribution is -2.33. The zero-order chi connectivity index (χ0) is 14.9. The van der Waals surface area contributed by atoms with Gasteiger partial charge < -0.3 is 4.74 Å². The summed E-state index contributed by atoms with van der Waals surface area (Å²) in [5.74, 6) is 0. The van der Waals surface area contributed by atoms with E-state index in [1.807, 2.05) is 30.3 Å². The van der Waals surface area contributed by atoms with Crippen molar-refractivity contribution >= 4 is 42.4 Å². The summed E-state index contributed by atoms with van der Waals surface area (Å²) in [6, 6.07) is 11.4. The second kappa shape index (κ2) is 5.94. The first kappa shape index (κ1) is 14.8. The number of halogens is 1. The zero-order valence-electron chi connectivity index (χ0n) is 11.4. The van der Waals surface area contributed by atoms with Crippen LogP contribution in [-0.4, -0.2) is 26.9 Å². The molecular formula is C15H16BrNO3S. The van der Waals surface area contributed by atoms with Crippen LogP contribution >= 0.6 is 15.9 Å². The summed E-state index contributed by atoms with van der Waals surface area (Å²) in [5.41, 5.74) is 0.625. The minimum Gasteiger partial charge on any atom is -0.381 e. The minimum atomic E-state index is -3.39. The zero-order valence-corrected chi connectivity index (χ0v) is 13.8. The second-order valence-corrected chi connectivity index (χ2v) is 7.91. The molecular weight excluding hydrogens is 354 g/mol. The van der Waals surface area contributed by atoms with Gasteiger partial charge in [-0.2, -0.15) is 0 Å². The smallest absolute Gasteiger partial charge is 0.235 e. The van der Waals surface area contributed by atoms with Gasteiger partial charge in [0.1, 0.15) is 0 Å². The second-order valence-electron chi connectivity index (χ2n) is 5.10. The SMILES string of the molecule is O=S(=O)(Nc1ccc(Br)c2ccccc12)C1CCOCC1. The van der Waals surface area contributed by atoms with Crippen molar-refractivity contribution in [1.82, 2.24) is 0 Å². The van der Waals surface area contributed by atoms with E-state index < -0.39 is 10.0 Å². The lowest BCUT2D eigenvalue weighted by molar-refractivity contribution is 0.0984. The quantitative estimate of drug-likeness (QED) is 0.900. The van der Waals surface area contributed by atoms with Crippen molar-refractivity contribution in [2.24, 2.45) is 0 Å². The van der Waals surface area contributed by atoms with Gasteiger partial charge in [0.05, 0.1) is 10.9 Å². The minimum absolute atomic E-state index is 0.381. The summed E-state index contributed by atoms with van der Waals surface area (Å²) >= 11 is 3.49. The molecule has 21 heavy (non-hydrogen) atoms. The van der Waals surface area contributed by atoms with E-state index in [4.69, 9.17) is 4.74 Å². The first-order valence-electron chi connectivity index (χ1n) is 6.84. The summed E-state index contributed by atoms with van der Waals surface area (Å²) in [6.07, 6.45) is 1.09. The van der Waals surface area contributed by atoms with Crippen LogP contribution in [-0.2, 0) is 14.8 Å². The van der Waals surface area contributed by atoms with Crippen LogP contribution in [0.5, 0.6) is 0 Å². The molecule has 6 heteroatoms. The fourth-order valence-corrected chi connectivity index (χ4v) is 4.52. The van der Waals surface area contributed by atoms with Gasteiger partial charge >= 0.3 is 0 Å². The first-order valence-corrected chi connectivity index (χ1v) is 9.18. The molecule has 0 bridgehead atoms. The summed E-state index contributed by atoms with van der Waals surface area (Å²) in [5, 5.41) is 1.50. The maximum Gasteiger partial charge on any atom is 0.235 e. The van der Waals surface area contributed by atoms with Crippen LogP contribution < -0.4 is 4.72 Å². The molecule has 1 aliphatic rings. The van der Waals surface area contributed by atoms with E-state index >= 15 is 0 Å². The number of benzene rings is 2. The molecule has 0 saturated carbocycles. The molecule has 4 nitrogen and oxygen atoms in total. The number of anilines is 1. The highest BCUT2D eigenvalue weighted by atomic mass is 79.9. The van der Waals surface area contributed by atoms with Crippen LogP contribution in [0.3, 0.4) is 0 Å². The standard InChI is InChI=1S/C15H16BrNO3S/c16-14-5-6-15(13-4-2-1-3-12(13)14)17-21(18,19)11-7-9-20-10-8-11/h1-6,11,17H,7-10H2. The van der Waals surface area contributed by atoms with Crippen molar-refractivity contribution in [3.05, 3.63) is 40.9 Å². The van der Waals surface area contributed by atoms with E-state index in [1.54, 1.807) is 6.07 Å². The van der Waals surface area contributed by atoms with Gasteiger partial charge in [-0.15, -0.1) is 0 Å². The van der Waals surface area contributed by atoms with Crippen LogP contribution in [0, 0.1) is 0 Å². The highest BCUT2D eigenvalue weighted by Gasteiger charge is 2.28. The largest absolute Gasteiger partial charge is 0.381 e. The Morgan fingerprint density at radius 3 is 2.43 bits per heavy atom. The van der Waals surface area contributed by atoms with Crippen LogP contribution in [0.2, 0.25) is 0 Å². The lowest BCUT2D eigenvalue weighted by atomic mass is 10.1. The van der Waals surface area contributed by atoms with Gasteiger partial charge in [0, 0.05) is 23.1 Å². The summed E-state index contributed by atoms with van der Waals surface area (Å²) in [7, 11) is -3.39. The predicted octanol–water partition coefficient (Wildman–Crippen LogP) is 3.52. The van der Waals surface area contributed by atoms with E-state index in [-0.39, 0.29) is 5.25 Å².